The standard InChI is InChI=1S/C8H6F5NO3/c9-7(10)5-3(2-15)14-1-4(16)6(5)17-8(11,12)13/h1,7,15-16H,2H2. The number of aliphatic hydroxyl groups is 1. The quantitative estimate of drug-likeness (QED) is 0.816. The van der Waals surface area contributed by atoms with Gasteiger partial charge in [0.2, 0.25) is 0 Å². The van der Waals surface area contributed by atoms with Crippen LogP contribution in [0.2, 0.25) is 0 Å². The predicted octanol–water partition coefficient (Wildman–Crippen LogP) is 2.12. The van der Waals surface area contributed by atoms with Crippen molar-refractivity contribution in [1.82, 2.24) is 4.98 Å². The Labute approximate surface area is 91.3 Å². The third-order valence-electron chi connectivity index (χ3n) is 1.72. The summed E-state index contributed by atoms with van der Waals surface area (Å²) in [6.07, 6.45) is -8.14. The molecule has 0 spiro atoms. The van der Waals surface area contributed by atoms with Crippen molar-refractivity contribution in [3.8, 4) is 11.5 Å². The molecular weight excluding hydrogens is 253 g/mol. The lowest BCUT2D eigenvalue weighted by Crippen LogP contribution is -2.19. The highest BCUT2D eigenvalue weighted by atomic mass is 19.4. The first kappa shape index (κ1) is 13.4. The van der Waals surface area contributed by atoms with Gasteiger partial charge in [-0.1, -0.05) is 0 Å². The highest BCUT2D eigenvalue weighted by Gasteiger charge is 2.36. The van der Waals surface area contributed by atoms with Crippen LogP contribution >= 0.6 is 0 Å². The van der Waals surface area contributed by atoms with Crippen molar-refractivity contribution < 1.29 is 36.9 Å². The molecule has 1 aromatic heterocycles. The molecular formula is C8H6F5NO3. The Bertz CT molecular complexity index is 407. The Balaban J connectivity index is 3.34. The van der Waals surface area contributed by atoms with Crippen LogP contribution in [0.4, 0.5) is 22.0 Å². The summed E-state index contributed by atoms with van der Waals surface area (Å²) in [4.78, 5) is 3.18. The SMILES string of the molecule is OCc1ncc(O)c(OC(F)(F)F)c1C(F)F. The average molecular weight is 259 g/mol. The van der Waals surface area contributed by atoms with E-state index >= 15 is 0 Å². The summed E-state index contributed by atoms with van der Waals surface area (Å²) in [6.45, 7) is -1.01. The highest BCUT2D eigenvalue weighted by molar-refractivity contribution is 5.47. The van der Waals surface area contributed by atoms with Crippen molar-refractivity contribution in [2.24, 2.45) is 0 Å². The van der Waals surface area contributed by atoms with E-state index in [0.29, 0.717) is 6.20 Å². The van der Waals surface area contributed by atoms with E-state index in [2.05, 4.69) is 9.72 Å². The molecule has 96 valence electrons. The van der Waals surface area contributed by atoms with Crippen LogP contribution in [0.25, 0.3) is 0 Å². The van der Waals surface area contributed by atoms with E-state index in [1.54, 1.807) is 0 Å². The summed E-state index contributed by atoms with van der Waals surface area (Å²) in [5, 5.41) is 17.7. The first-order chi connectivity index (χ1) is 7.76. The maximum atomic E-state index is 12.5. The molecule has 0 amide bonds. The number of nitrogens with zero attached hydrogens (tertiary/aromatic N) is 1. The van der Waals surface area contributed by atoms with Gasteiger partial charge < -0.3 is 14.9 Å². The molecule has 0 saturated carbocycles. The van der Waals surface area contributed by atoms with E-state index < -0.39 is 42.2 Å². The molecule has 0 aliphatic carbocycles. The molecule has 1 rings (SSSR count). The van der Waals surface area contributed by atoms with Gasteiger partial charge in [-0.05, 0) is 0 Å². The zero-order valence-corrected chi connectivity index (χ0v) is 8.00. The molecule has 0 atom stereocenters. The summed E-state index contributed by atoms with van der Waals surface area (Å²) in [5.41, 5.74) is -1.98. The van der Waals surface area contributed by atoms with Crippen LogP contribution in [0.3, 0.4) is 0 Å². The number of hydrogen-bond acceptors (Lipinski definition) is 4. The summed E-state index contributed by atoms with van der Waals surface area (Å²) < 4.78 is 64.1. The predicted molar refractivity (Wildman–Crippen MR) is 43.5 cm³/mol. The Hall–Kier alpha value is -1.64. The lowest BCUT2D eigenvalue weighted by atomic mass is 10.1. The molecule has 0 aliphatic rings. The number of pyridine rings is 1. The van der Waals surface area contributed by atoms with Gasteiger partial charge >= 0.3 is 6.36 Å². The first-order valence-electron chi connectivity index (χ1n) is 4.11. The fourth-order valence-corrected chi connectivity index (χ4v) is 1.11. The Morgan fingerprint density at radius 1 is 1.35 bits per heavy atom. The smallest absolute Gasteiger partial charge is 0.503 e. The Morgan fingerprint density at radius 2 is 1.94 bits per heavy atom. The molecule has 1 heterocycles. The van der Waals surface area contributed by atoms with Gasteiger partial charge in [0.15, 0.2) is 11.5 Å². The minimum Gasteiger partial charge on any atom is -0.503 e. The maximum Gasteiger partial charge on any atom is 0.573 e. The van der Waals surface area contributed by atoms with Crippen molar-refractivity contribution in [2.75, 3.05) is 0 Å². The van der Waals surface area contributed by atoms with Crippen LogP contribution in [0.5, 0.6) is 11.5 Å². The fraction of sp³-hybridized carbons (Fsp3) is 0.375. The second-order valence-electron chi connectivity index (χ2n) is 2.84. The maximum absolute atomic E-state index is 12.5. The van der Waals surface area contributed by atoms with Gasteiger partial charge in [0.05, 0.1) is 24.1 Å². The number of hydrogen-bond donors (Lipinski definition) is 2. The van der Waals surface area contributed by atoms with Gasteiger partial charge in [-0.2, -0.15) is 0 Å². The lowest BCUT2D eigenvalue weighted by molar-refractivity contribution is -0.275. The fourth-order valence-electron chi connectivity index (χ4n) is 1.11. The van der Waals surface area contributed by atoms with E-state index in [-0.39, 0.29) is 0 Å². The lowest BCUT2D eigenvalue weighted by Gasteiger charge is -2.15. The molecule has 0 radical (unpaired) electrons. The van der Waals surface area contributed by atoms with Gasteiger partial charge in [-0.25, -0.2) is 8.78 Å². The molecule has 0 bridgehead atoms. The number of aliphatic hydroxyl groups excluding tert-OH is 1. The summed E-state index contributed by atoms with van der Waals surface area (Å²) in [6, 6.07) is 0. The number of aromatic nitrogens is 1. The number of halogens is 5. The monoisotopic (exact) mass is 259 g/mol. The minimum absolute atomic E-state index is 0.485. The topological polar surface area (TPSA) is 62.6 Å². The third kappa shape index (κ3) is 3.16. The molecule has 17 heavy (non-hydrogen) atoms. The van der Waals surface area contributed by atoms with Gasteiger partial charge in [-0.3, -0.25) is 4.98 Å². The van der Waals surface area contributed by atoms with Crippen LogP contribution in [-0.2, 0) is 6.61 Å². The molecule has 0 aliphatic heterocycles. The number of rotatable bonds is 3. The van der Waals surface area contributed by atoms with E-state index in [9.17, 15) is 22.0 Å². The molecule has 0 aromatic carbocycles. The van der Waals surface area contributed by atoms with Gasteiger partial charge in [0.25, 0.3) is 6.43 Å². The Kier molecular flexibility index (Phi) is 3.71. The van der Waals surface area contributed by atoms with Crippen LogP contribution in [0.1, 0.15) is 17.7 Å². The van der Waals surface area contributed by atoms with Crippen molar-refractivity contribution in [3.05, 3.63) is 17.5 Å². The van der Waals surface area contributed by atoms with E-state index in [4.69, 9.17) is 10.2 Å². The molecule has 4 nitrogen and oxygen atoms in total. The molecule has 0 fully saturated rings. The first-order valence-corrected chi connectivity index (χ1v) is 4.11. The van der Waals surface area contributed by atoms with Crippen molar-refractivity contribution in [1.29, 1.82) is 0 Å². The van der Waals surface area contributed by atoms with Gasteiger partial charge in [-0.15, -0.1) is 13.2 Å². The number of aromatic hydroxyl groups is 1. The third-order valence-corrected chi connectivity index (χ3v) is 1.72. The molecule has 0 unspecified atom stereocenters. The number of alkyl halides is 5. The van der Waals surface area contributed by atoms with Crippen LogP contribution in [-0.4, -0.2) is 21.6 Å². The van der Waals surface area contributed by atoms with Crippen LogP contribution in [0, 0.1) is 0 Å². The van der Waals surface area contributed by atoms with E-state index in [1.807, 2.05) is 0 Å². The average Bonchev–Trinajstić information content (AvgIpc) is 2.18. The second-order valence-corrected chi connectivity index (χ2v) is 2.84. The number of ether oxygens (including phenoxy) is 1. The normalized spacial score (nSPS) is 11.9. The molecule has 1 aromatic rings. The zero-order valence-electron chi connectivity index (χ0n) is 8.00. The second kappa shape index (κ2) is 4.70. The van der Waals surface area contributed by atoms with Crippen molar-refractivity contribution in [3.63, 3.8) is 0 Å². The molecule has 0 saturated heterocycles. The molecule has 9 heteroatoms. The van der Waals surface area contributed by atoms with Crippen molar-refractivity contribution in [2.45, 2.75) is 19.4 Å². The van der Waals surface area contributed by atoms with Crippen LogP contribution in [0.15, 0.2) is 6.20 Å². The summed E-state index contributed by atoms with van der Waals surface area (Å²) in [7, 11) is 0. The largest absolute Gasteiger partial charge is 0.573 e. The highest BCUT2D eigenvalue weighted by Crippen LogP contribution is 2.40. The van der Waals surface area contributed by atoms with E-state index in [1.165, 1.54) is 0 Å². The summed E-state index contributed by atoms with van der Waals surface area (Å²) >= 11 is 0. The zero-order chi connectivity index (χ0) is 13.2. The van der Waals surface area contributed by atoms with Crippen LogP contribution < -0.4 is 4.74 Å². The van der Waals surface area contributed by atoms with Gasteiger partial charge in [0, 0.05) is 0 Å². The molecule has 2 N–H and O–H groups in total. The van der Waals surface area contributed by atoms with Gasteiger partial charge in [0.1, 0.15) is 0 Å². The Morgan fingerprint density at radius 3 is 2.35 bits per heavy atom. The van der Waals surface area contributed by atoms with Crippen molar-refractivity contribution >= 4 is 0 Å². The van der Waals surface area contributed by atoms with E-state index in [0.717, 1.165) is 0 Å². The summed E-state index contributed by atoms with van der Waals surface area (Å²) in [5.74, 6) is -2.64. The minimum atomic E-state index is -5.24.